The van der Waals surface area contributed by atoms with Crippen LogP contribution in [0.2, 0.25) is 0 Å². The largest absolute Gasteiger partial charge is 0.396 e. The fraction of sp³-hybridized carbons (Fsp3) is 0.571. The number of hydrogen-bond acceptors (Lipinski definition) is 4. The smallest absolute Gasteiger partial charge is 0.0894 e. The molecule has 1 aromatic rings. The third-order valence-corrected chi connectivity index (χ3v) is 1.62. The molecule has 4 nitrogen and oxygen atoms in total. The average Bonchev–Trinajstić information content (AvgIpc) is 2.05. The van der Waals surface area contributed by atoms with Crippen LogP contribution in [0.5, 0.6) is 0 Å². The molecule has 0 radical (unpaired) electrons. The minimum Gasteiger partial charge on any atom is -0.396 e. The molecule has 0 bridgehead atoms. The van der Waals surface area contributed by atoms with E-state index in [0.29, 0.717) is 5.69 Å². The van der Waals surface area contributed by atoms with E-state index in [1.165, 1.54) is 0 Å². The maximum absolute atomic E-state index is 5.74. The molecule has 0 spiro atoms. The average molecular weight is 152 g/mol. The van der Waals surface area contributed by atoms with E-state index in [2.05, 4.69) is 15.4 Å². The fourth-order valence-corrected chi connectivity index (χ4v) is 0.927. The van der Waals surface area contributed by atoms with Crippen molar-refractivity contribution >= 4 is 5.69 Å². The number of aromatic nitrogens is 3. The molecule has 0 aliphatic heterocycles. The molecule has 0 fully saturated rings. The third-order valence-electron chi connectivity index (χ3n) is 1.62. The molecule has 0 aliphatic carbocycles. The van der Waals surface area contributed by atoms with E-state index in [4.69, 9.17) is 5.73 Å². The number of aryl methyl sites for hydroxylation is 2. The van der Waals surface area contributed by atoms with Gasteiger partial charge in [0.2, 0.25) is 0 Å². The van der Waals surface area contributed by atoms with Crippen LogP contribution in [-0.2, 0) is 12.8 Å². The van der Waals surface area contributed by atoms with Crippen LogP contribution in [0.1, 0.15) is 25.2 Å². The van der Waals surface area contributed by atoms with Gasteiger partial charge in [-0.3, -0.25) is 0 Å². The summed E-state index contributed by atoms with van der Waals surface area (Å²) in [4.78, 5) is 0. The van der Waals surface area contributed by atoms with Crippen LogP contribution >= 0.6 is 0 Å². The van der Waals surface area contributed by atoms with Crippen LogP contribution in [0.25, 0.3) is 0 Å². The summed E-state index contributed by atoms with van der Waals surface area (Å²) in [6.07, 6.45) is 1.63. The van der Waals surface area contributed by atoms with E-state index in [9.17, 15) is 0 Å². The summed E-state index contributed by atoms with van der Waals surface area (Å²) in [5.74, 6) is 0. The molecule has 0 atom stereocenters. The van der Waals surface area contributed by atoms with Gasteiger partial charge in [0.05, 0.1) is 17.1 Å². The van der Waals surface area contributed by atoms with Gasteiger partial charge in [-0.15, -0.1) is 10.2 Å². The van der Waals surface area contributed by atoms with Crippen molar-refractivity contribution in [3.05, 3.63) is 11.4 Å². The first-order valence-electron chi connectivity index (χ1n) is 3.76. The quantitative estimate of drug-likeness (QED) is 0.673. The van der Waals surface area contributed by atoms with Gasteiger partial charge in [-0.25, -0.2) is 0 Å². The molecule has 2 N–H and O–H groups in total. The third kappa shape index (κ3) is 1.45. The van der Waals surface area contributed by atoms with Crippen LogP contribution in [0.15, 0.2) is 0 Å². The molecule has 1 heterocycles. The van der Waals surface area contributed by atoms with Crippen LogP contribution in [0.3, 0.4) is 0 Å². The summed E-state index contributed by atoms with van der Waals surface area (Å²) < 4.78 is 0. The number of nitrogens with zero attached hydrogens (tertiary/aromatic N) is 3. The number of nitrogen functional groups attached to an aromatic ring is 1. The lowest BCUT2D eigenvalue weighted by molar-refractivity contribution is 0.779. The van der Waals surface area contributed by atoms with Crippen molar-refractivity contribution in [3.63, 3.8) is 0 Å². The minimum absolute atomic E-state index is 0.699. The molecular formula is C7H12N4. The lowest BCUT2D eigenvalue weighted by atomic mass is 10.2. The Morgan fingerprint density at radius 2 is 1.55 bits per heavy atom. The topological polar surface area (TPSA) is 64.7 Å². The van der Waals surface area contributed by atoms with E-state index in [0.717, 1.165) is 24.2 Å². The molecule has 1 rings (SSSR count). The van der Waals surface area contributed by atoms with Gasteiger partial charge in [-0.1, -0.05) is 13.8 Å². The molecule has 0 aliphatic rings. The number of hydrogen-bond donors (Lipinski definition) is 1. The van der Waals surface area contributed by atoms with Gasteiger partial charge in [0.25, 0.3) is 0 Å². The van der Waals surface area contributed by atoms with Gasteiger partial charge in [0.15, 0.2) is 0 Å². The highest BCUT2D eigenvalue weighted by atomic mass is 15.3. The maximum Gasteiger partial charge on any atom is 0.0894 e. The van der Waals surface area contributed by atoms with E-state index < -0.39 is 0 Å². The van der Waals surface area contributed by atoms with Crippen molar-refractivity contribution in [2.75, 3.05) is 5.73 Å². The van der Waals surface area contributed by atoms with Crippen molar-refractivity contribution in [2.24, 2.45) is 0 Å². The van der Waals surface area contributed by atoms with Crippen molar-refractivity contribution in [3.8, 4) is 0 Å². The van der Waals surface area contributed by atoms with Crippen LogP contribution < -0.4 is 5.73 Å². The molecule has 0 saturated heterocycles. The molecule has 11 heavy (non-hydrogen) atoms. The van der Waals surface area contributed by atoms with Crippen molar-refractivity contribution in [1.29, 1.82) is 0 Å². The predicted molar refractivity (Wildman–Crippen MR) is 43.0 cm³/mol. The highest BCUT2D eigenvalue weighted by Crippen LogP contribution is 2.11. The highest BCUT2D eigenvalue weighted by molar-refractivity contribution is 5.46. The zero-order chi connectivity index (χ0) is 8.27. The van der Waals surface area contributed by atoms with Gasteiger partial charge in [-0.2, -0.15) is 0 Å². The van der Waals surface area contributed by atoms with E-state index in [-0.39, 0.29) is 0 Å². The zero-order valence-electron chi connectivity index (χ0n) is 6.83. The van der Waals surface area contributed by atoms with Crippen LogP contribution in [0.4, 0.5) is 5.69 Å². The summed E-state index contributed by atoms with van der Waals surface area (Å²) in [6.45, 7) is 4.00. The van der Waals surface area contributed by atoms with Crippen LogP contribution in [-0.4, -0.2) is 15.4 Å². The molecule has 1 aromatic heterocycles. The molecule has 0 aromatic carbocycles. The fourth-order valence-electron chi connectivity index (χ4n) is 0.927. The number of nitrogens with two attached hydrogens (primary N) is 1. The van der Waals surface area contributed by atoms with Gasteiger partial charge in [-0.05, 0) is 18.1 Å². The first-order chi connectivity index (χ1) is 5.29. The Labute approximate surface area is 65.8 Å². The van der Waals surface area contributed by atoms with Gasteiger partial charge >= 0.3 is 0 Å². The lowest BCUT2D eigenvalue weighted by Crippen LogP contribution is -2.06. The van der Waals surface area contributed by atoms with Crippen LogP contribution in [0, 0.1) is 0 Å². The van der Waals surface area contributed by atoms with Crippen molar-refractivity contribution < 1.29 is 0 Å². The Hall–Kier alpha value is -1.19. The zero-order valence-corrected chi connectivity index (χ0v) is 6.83. The van der Waals surface area contributed by atoms with E-state index in [1.807, 2.05) is 13.8 Å². The Morgan fingerprint density at radius 3 is 1.91 bits per heavy atom. The molecule has 0 unspecified atom stereocenters. The SMILES string of the molecule is CCc1nnnc(CC)c1N. The molecule has 0 amide bonds. The second-order valence-electron chi connectivity index (χ2n) is 2.30. The molecule has 0 saturated carbocycles. The Bertz CT molecular complexity index is 224. The number of rotatable bonds is 2. The van der Waals surface area contributed by atoms with E-state index in [1.54, 1.807) is 0 Å². The van der Waals surface area contributed by atoms with Crippen molar-refractivity contribution in [1.82, 2.24) is 15.4 Å². The second-order valence-corrected chi connectivity index (χ2v) is 2.30. The van der Waals surface area contributed by atoms with E-state index >= 15 is 0 Å². The number of anilines is 1. The Morgan fingerprint density at radius 1 is 1.09 bits per heavy atom. The maximum atomic E-state index is 5.74. The summed E-state index contributed by atoms with van der Waals surface area (Å²) >= 11 is 0. The van der Waals surface area contributed by atoms with Gasteiger partial charge < -0.3 is 5.73 Å². The first-order valence-corrected chi connectivity index (χ1v) is 3.76. The standard InChI is InChI=1S/C7H12N4/c1-3-5-7(8)6(4-2)10-11-9-5/h3-4H2,1-2H3,(H2,8,11). The Kier molecular flexibility index (Phi) is 2.36. The first kappa shape index (κ1) is 7.91. The Balaban J connectivity index is 3.10. The summed E-state index contributed by atoms with van der Waals surface area (Å²) in [5.41, 5.74) is 8.13. The second kappa shape index (κ2) is 3.27. The molecule has 4 heteroatoms. The van der Waals surface area contributed by atoms with Crippen molar-refractivity contribution in [2.45, 2.75) is 26.7 Å². The van der Waals surface area contributed by atoms with Gasteiger partial charge in [0.1, 0.15) is 0 Å². The summed E-state index contributed by atoms with van der Waals surface area (Å²) in [6, 6.07) is 0. The molecule has 60 valence electrons. The normalized spacial score (nSPS) is 10.0. The van der Waals surface area contributed by atoms with Gasteiger partial charge in [0, 0.05) is 0 Å². The summed E-state index contributed by atoms with van der Waals surface area (Å²) in [5, 5.41) is 11.2. The lowest BCUT2D eigenvalue weighted by Gasteiger charge is -2.02. The predicted octanol–water partition coefficient (Wildman–Crippen LogP) is 0.579. The molecular weight excluding hydrogens is 140 g/mol. The highest BCUT2D eigenvalue weighted by Gasteiger charge is 2.04. The minimum atomic E-state index is 0.699. The monoisotopic (exact) mass is 152 g/mol. The summed E-state index contributed by atoms with van der Waals surface area (Å²) in [7, 11) is 0.